The highest BCUT2D eigenvalue weighted by Gasteiger charge is 2.22. The van der Waals surface area contributed by atoms with E-state index >= 15 is 0 Å². The molecule has 0 N–H and O–H groups in total. The highest BCUT2D eigenvalue weighted by molar-refractivity contribution is 6.22. The fraction of sp³-hybridized carbons (Fsp3) is 0. The number of aromatic nitrogens is 4. The molecule has 0 fully saturated rings. The van der Waals surface area contributed by atoms with Gasteiger partial charge in [-0.2, -0.15) is 0 Å². The second-order valence-electron chi connectivity index (χ2n) is 14.6. The van der Waals surface area contributed by atoms with E-state index in [4.69, 9.17) is 14.4 Å². The van der Waals surface area contributed by atoms with Gasteiger partial charge in [-0.05, 0) is 70.4 Å². The molecule has 0 unspecified atom stereocenters. The van der Waals surface area contributed by atoms with Crippen LogP contribution in [0.1, 0.15) is 0 Å². The Morgan fingerprint density at radius 1 is 0.386 bits per heavy atom. The molecule has 0 aliphatic carbocycles. The fourth-order valence-corrected chi connectivity index (χ4v) is 8.75. The zero-order chi connectivity index (χ0) is 37.5. The summed E-state index contributed by atoms with van der Waals surface area (Å²) in [5.41, 5.74) is 12.1. The second kappa shape index (κ2) is 12.4. The molecule has 57 heavy (non-hydrogen) atoms. The van der Waals surface area contributed by atoms with Gasteiger partial charge in [0, 0.05) is 44.4 Å². The molecule has 0 spiro atoms. The van der Waals surface area contributed by atoms with E-state index in [0.29, 0.717) is 11.5 Å². The summed E-state index contributed by atoms with van der Waals surface area (Å²) in [6, 6.07) is 68.5. The zero-order valence-corrected chi connectivity index (χ0v) is 30.7. The van der Waals surface area contributed by atoms with Gasteiger partial charge in [0.05, 0.1) is 22.1 Å². The highest BCUT2D eigenvalue weighted by atomic mass is 16.3. The van der Waals surface area contributed by atoms with Crippen LogP contribution >= 0.6 is 0 Å². The number of para-hydroxylation sites is 2. The van der Waals surface area contributed by atoms with Crippen molar-refractivity contribution in [1.29, 1.82) is 0 Å². The van der Waals surface area contributed by atoms with Gasteiger partial charge in [-0.15, -0.1) is 0 Å². The summed E-state index contributed by atoms with van der Waals surface area (Å²) in [4.78, 5) is 10.6. The molecule has 0 saturated carbocycles. The van der Waals surface area contributed by atoms with Crippen LogP contribution in [0.4, 0.5) is 0 Å². The monoisotopic (exact) mass is 728 g/mol. The smallest absolute Gasteiger partial charge is 0.236 e. The van der Waals surface area contributed by atoms with Gasteiger partial charge in [0.25, 0.3) is 0 Å². The third kappa shape index (κ3) is 4.89. The first-order valence-electron chi connectivity index (χ1n) is 19.2. The van der Waals surface area contributed by atoms with Gasteiger partial charge in [-0.25, -0.2) is 9.97 Å². The number of benzene rings is 8. The maximum Gasteiger partial charge on any atom is 0.236 e. The summed E-state index contributed by atoms with van der Waals surface area (Å²) in [6.07, 6.45) is 0. The zero-order valence-electron chi connectivity index (χ0n) is 30.7. The minimum Gasteiger partial charge on any atom is -0.452 e. The van der Waals surface area contributed by atoms with Crippen molar-refractivity contribution in [2.24, 2.45) is 0 Å². The molecule has 5 heteroatoms. The molecule has 0 amide bonds. The summed E-state index contributed by atoms with van der Waals surface area (Å²) in [5, 5.41) is 7.16. The van der Waals surface area contributed by atoms with E-state index in [1.165, 1.54) is 38.0 Å². The first-order chi connectivity index (χ1) is 28.3. The predicted octanol–water partition coefficient (Wildman–Crippen LogP) is 13.6. The molecule has 0 saturated heterocycles. The number of rotatable bonds is 5. The minimum absolute atomic E-state index is 0.597. The molecule has 0 bridgehead atoms. The van der Waals surface area contributed by atoms with Crippen molar-refractivity contribution in [1.82, 2.24) is 19.1 Å². The summed E-state index contributed by atoms with van der Waals surface area (Å²) >= 11 is 0. The quantitative estimate of drug-likeness (QED) is 0.177. The average Bonchev–Trinajstić information content (AvgIpc) is 3.97. The van der Waals surface area contributed by atoms with Crippen molar-refractivity contribution in [2.45, 2.75) is 0 Å². The van der Waals surface area contributed by atoms with Crippen molar-refractivity contribution >= 4 is 65.5 Å². The van der Waals surface area contributed by atoms with Gasteiger partial charge in [-0.1, -0.05) is 140 Å². The molecule has 12 rings (SSSR count). The fourth-order valence-electron chi connectivity index (χ4n) is 8.75. The van der Waals surface area contributed by atoms with Crippen molar-refractivity contribution < 1.29 is 4.42 Å². The van der Waals surface area contributed by atoms with E-state index in [-0.39, 0.29) is 0 Å². The van der Waals surface area contributed by atoms with Gasteiger partial charge >= 0.3 is 0 Å². The summed E-state index contributed by atoms with van der Waals surface area (Å²) in [6.45, 7) is 0. The van der Waals surface area contributed by atoms with E-state index < -0.39 is 0 Å². The maximum absolute atomic E-state index is 6.56. The Labute approximate surface area is 327 Å². The van der Waals surface area contributed by atoms with Crippen LogP contribution in [0.25, 0.3) is 111 Å². The van der Waals surface area contributed by atoms with Gasteiger partial charge in [0.2, 0.25) is 5.95 Å². The molecular formula is C52H32N4O. The lowest BCUT2D eigenvalue weighted by Crippen LogP contribution is -2.02. The molecule has 0 radical (unpaired) electrons. The minimum atomic E-state index is 0.597. The van der Waals surface area contributed by atoms with Crippen LogP contribution in [0.3, 0.4) is 0 Å². The van der Waals surface area contributed by atoms with E-state index in [0.717, 1.165) is 61.3 Å². The third-order valence-corrected chi connectivity index (χ3v) is 11.3. The van der Waals surface area contributed by atoms with Crippen LogP contribution in [0, 0.1) is 0 Å². The lowest BCUT2D eigenvalue weighted by molar-refractivity contribution is 0.630. The number of fused-ring (bicyclic) bond motifs is 9. The molecule has 5 nitrogen and oxygen atoms in total. The number of nitrogens with zero attached hydrogens (tertiary/aromatic N) is 4. The van der Waals surface area contributed by atoms with Gasteiger partial charge in [0.1, 0.15) is 17.0 Å². The predicted molar refractivity (Wildman–Crippen MR) is 234 cm³/mol. The van der Waals surface area contributed by atoms with E-state index in [2.05, 4.69) is 161 Å². The largest absolute Gasteiger partial charge is 0.452 e. The summed E-state index contributed by atoms with van der Waals surface area (Å²) < 4.78 is 11.1. The van der Waals surface area contributed by atoms with Gasteiger partial charge in [0.15, 0.2) is 5.58 Å². The lowest BCUT2D eigenvalue weighted by Gasteiger charge is -2.10. The third-order valence-electron chi connectivity index (χ3n) is 11.3. The Morgan fingerprint density at radius 3 is 1.75 bits per heavy atom. The molecule has 4 heterocycles. The van der Waals surface area contributed by atoms with Crippen molar-refractivity contribution in [2.75, 3.05) is 0 Å². The average molecular weight is 729 g/mol. The van der Waals surface area contributed by atoms with Gasteiger partial charge in [-0.3, -0.25) is 4.57 Å². The Kier molecular flexibility index (Phi) is 6.86. The first kappa shape index (κ1) is 31.6. The van der Waals surface area contributed by atoms with Gasteiger partial charge < -0.3 is 8.98 Å². The standard InChI is InChI=1S/C52H32N4O/c1-4-15-34(16-5-1)48-32-43-51(57-48)50(35-17-6-2-7-18-35)54-52(53-43)56-46-28-26-37(31-42(46)49-39-21-11-10-14-33(39)24-29-47(49)56)36-25-27-45-41(30-36)40-22-12-13-23-44(40)55(45)38-19-8-3-9-20-38/h1-32H. The number of hydrogen-bond donors (Lipinski definition) is 0. The van der Waals surface area contributed by atoms with Crippen molar-refractivity contribution in [3.63, 3.8) is 0 Å². The molecule has 266 valence electrons. The molecule has 8 aromatic carbocycles. The Hall–Kier alpha value is -7.76. The first-order valence-corrected chi connectivity index (χ1v) is 19.2. The van der Waals surface area contributed by atoms with E-state index in [9.17, 15) is 0 Å². The summed E-state index contributed by atoms with van der Waals surface area (Å²) in [5.74, 6) is 1.36. The van der Waals surface area contributed by atoms with E-state index in [1.807, 2.05) is 42.5 Å². The van der Waals surface area contributed by atoms with E-state index in [1.54, 1.807) is 0 Å². The molecular weight excluding hydrogens is 697 g/mol. The Balaban J connectivity index is 1.11. The molecule has 0 aliphatic rings. The normalized spacial score (nSPS) is 11.9. The van der Waals surface area contributed by atoms with Crippen LogP contribution in [0.15, 0.2) is 199 Å². The lowest BCUT2D eigenvalue weighted by atomic mass is 9.99. The maximum atomic E-state index is 6.56. The molecule has 0 aliphatic heterocycles. The molecule has 4 aromatic heterocycles. The highest BCUT2D eigenvalue weighted by Crippen LogP contribution is 2.41. The molecule has 12 aromatic rings. The number of hydrogen-bond acceptors (Lipinski definition) is 3. The van der Waals surface area contributed by atoms with Crippen molar-refractivity contribution in [3.8, 4) is 45.3 Å². The van der Waals surface area contributed by atoms with Crippen LogP contribution in [-0.2, 0) is 0 Å². The number of furan rings is 1. The SMILES string of the molecule is c1ccc(-c2cc3nc(-n4c5ccc(-c6ccc7c(c6)c6ccccc6n7-c6ccccc6)cc5c5c6ccccc6ccc54)nc(-c4ccccc4)c3o2)cc1. The molecule has 0 atom stereocenters. The topological polar surface area (TPSA) is 48.8 Å². The van der Waals surface area contributed by atoms with Crippen LogP contribution in [0.5, 0.6) is 0 Å². The van der Waals surface area contributed by atoms with Crippen LogP contribution < -0.4 is 0 Å². The van der Waals surface area contributed by atoms with Crippen LogP contribution in [0.2, 0.25) is 0 Å². The van der Waals surface area contributed by atoms with Crippen molar-refractivity contribution in [3.05, 3.63) is 194 Å². The second-order valence-corrected chi connectivity index (χ2v) is 14.6. The summed E-state index contributed by atoms with van der Waals surface area (Å²) in [7, 11) is 0. The Morgan fingerprint density at radius 2 is 0.982 bits per heavy atom. The Bertz CT molecular complexity index is 3510. The van der Waals surface area contributed by atoms with Crippen LogP contribution in [-0.4, -0.2) is 19.1 Å².